The van der Waals surface area contributed by atoms with Gasteiger partial charge in [-0.15, -0.1) is 0 Å². The Bertz CT molecular complexity index is 495. The van der Waals surface area contributed by atoms with Gasteiger partial charge >= 0.3 is 0 Å². The highest BCUT2D eigenvalue weighted by atomic mass is 35.5. The highest BCUT2D eigenvalue weighted by Gasteiger charge is 2.28. The van der Waals surface area contributed by atoms with Crippen LogP contribution < -0.4 is 0 Å². The lowest BCUT2D eigenvalue weighted by Gasteiger charge is -2.36. The van der Waals surface area contributed by atoms with Crippen LogP contribution in [0.15, 0.2) is 18.2 Å². The predicted octanol–water partition coefficient (Wildman–Crippen LogP) is 2.14. The van der Waals surface area contributed by atoms with Gasteiger partial charge in [0.15, 0.2) is 0 Å². The molecule has 1 saturated heterocycles. The highest BCUT2D eigenvalue weighted by molar-refractivity contribution is 6.35. The minimum atomic E-state index is -0.316. The van der Waals surface area contributed by atoms with Crippen molar-refractivity contribution in [2.24, 2.45) is 0 Å². The molecule has 0 saturated carbocycles. The van der Waals surface area contributed by atoms with Gasteiger partial charge in [0.25, 0.3) is 0 Å². The number of carbonyl (C=O) groups excluding carboxylic acids is 1. The first-order valence-electron chi connectivity index (χ1n) is 6.47. The number of rotatable bonds is 3. The summed E-state index contributed by atoms with van der Waals surface area (Å²) >= 11 is 11.9. The summed E-state index contributed by atoms with van der Waals surface area (Å²) in [6, 6.07) is 5.11. The van der Waals surface area contributed by atoms with Crippen molar-refractivity contribution in [1.29, 1.82) is 0 Å². The van der Waals surface area contributed by atoms with Gasteiger partial charge in [-0.1, -0.05) is 29.3 Å². The van der Waals surface area contributed by atoms with Crippen LogP contribution in [-0.4, -0.2) is 47.8 Å². The highest BCUT2D eigenvalue weighted by Crippen LogP contribution is 2.22. The summed E-state index contributed by atoms with van der Waals surface area (Å²) in [6.45, 7) is 2.73. The SMILES string of the molecule is CC1CN(C(=O)Cc2ccc(Cl)cc2Cl)CC(CO)O1. The van der Waals surface area contributed by atoms with Gasteiger partial charge < -0.3 is 14.7 Å². The fourth-order valence-corrected chi connectivity index (χ4v) is 2.76. The number of aliphatic hydroxyl groups is 1. The number of nitrogens with zero attached hydrogens (tertiary/aromatic N) is 1. The molecule has 1 N–H and O–H groups in total. The Balaban J connectivity index is 2.03. The van der Waals surface area contributed by atoms with Crippen LogP contribution in [0, 0.1) is 0 Å². The minimum absolute atomic E-state index is 0.0252. The van der Waals surface area contributed by atoms with E-state index in [-0.39, 0.29) is 31.1 Å². The summed E-state index contributed by atoms with van der Waals surface area (Å²) in [4.78, 5) is 14.0. The molecule has 0 aromatic heterocycles. The standard InChI is InChI=1S/C14H17Cl2NO3/c1-9-6-17(7-12(8-18)20-9)14(19)4-10-2-3-11(15)5-13(10)16/h2-3,5,9,12,18H,4,6-8H2,1H3. The monoisotopic (exact) mass is 317 g/mol. The number of hydrogen-bond acceptors (Lipinski definition) is 3. The molecule has 1 fully saturated rings. The Labute approximate surface area is 128 Å². The van der Waals surface area contributed by atoms with E-state index in [2.05, 4.69) is 0 Å². The van der Waals surface area contributed by atoms with Crippen molar-refractivity contribution in [2.45, 2.75) is 25.6 Å². The van der Waals surface area contributed by atoms with Crippen LogP contribution in [0.1, 0.15) is 12.5 Å². The number of ether oxygens (including phenoxy) is 1. The molecule has 0 spiro atoms. The lowest BCUT2D eigenvalue weighted by molar-refractivity contribution is -0.146. The molecule has 1 aliphatic heterocycles. The van der Waals surface area contributed by atoms with Crippen molar-refractivity contribution in [1.82, 2.24) is 4.90 Å². The van der Waals surface area contributed by atoms with Crippen molar-refractivity contribution in [3.05, 3.63) is 33.8 Å². The lowest BCUT2D eigenvalue weighted by atomic mass is 10.1. The maximum atomic E-state index is 12.3. The third kappa shape index (κ3) is 3.85. The topological polar surface area (TPSA) is 49.8 Å². The van der Waals surface area contributed by atoms with Gasteiger partial charge in [-0.3, -0.25) is 4.79 Å². The first kappa shape index (κ1) is 15.6. The predicted molar refractivity (Wildman–Crippen MR) is 78.2 cm³/mol. The zero-order valence-corrected chi connectivity index (χ0v) is 12.7. The van der Waals surface area contributed by atoms with Gasteiger partial charge in [-0.05, 0) is 24.6 Å². The van der Waals surface area contributed by atoms with Crippen LogP contribution in [0.4, 0.5) is 0 Å². The van der Waals surface area contributed by atoms with E-state index < -0.39 is 0 Å². The molecule has 2 rings (SSSR count). The molecule has 1 aromatic rings. The maximum absolute atomic E-state index is 12.3. The normalized spacial score (nSPS) is 22.9. The summed E-state index contributed by atoms with van der Waals surface area (Å²) in [5, 5.41) is 10.2. The number of hydrogen-bond donors (Lipinski definition) is 1. The first-order chi connectivity index (χ1) is 9.49. The summed E-state index contributed by atoms with van der Waals surface area (Å²) in [6.07, 6.45) is -0.171. The Morgan fingerprint density at radius 3 is 2.85 bits per heavy atom. The van der Waals surface area contributed by atoms with E-state index in [0.717, 1.165) is 5.56 Å². The van der Waals surface area contributed by atoms with Gasteiger partial charge in [0, 0.05) is 23.1 Å². The van der Waals surface area contributed by atoms with Gasteiger partial charge in [0.1, 0.15) is 0 Å². The third-order valence-electron chi connectivity index (χ3n) is 3.24. The van der Waals surface area contributed by atoms with Crippen LogP contribution in [0.3, 0.4) is 0 Å². The van der Waals surface area contributed by atoms with E-state index in [4.69, 9.17) is 27.9 Å². The molecule has 0 radical (unpaired) electrons. The first-order valence-corrected chi connectivity index (χ1v) is 7.23. The maximum Gasteiger partial charge on any atom is 0.227 e. The van der Waals surface area contributed by atoms with E-state index in [0.29, 0.717) is 23.1 Å². The van der Waals surface area contributed by atoms with Crippen molar-refractivity contribution in [3.63, 3.8) is 0 Å². The molecule has 1 aliphatic rings. The zero-order chi connectivity index (χ0) is 14.7. The summed E-state index contributed by atoms with van der Waals surface area (Å²) in [5.41, 5.74) is 0.751. The average molecular weight is 318 g/mol. The fraction of sp³-hybridized carbons (Fsp3) is 0.500. The summed E-state index contributed by atoms with van der Waals surface area (Å²) < 4.78 is 5.52. The molecule has 2 atom stereocenters. The van der Waals surface area contributed by atoms with Gasteiger partial charge in [-0.25, -0.2) is 0 Å². The second-order valence-electron chi connectivity index (χ2n) is 4.96. The summed E-state index contributed by atoms with van der Waals surface area (Å²) in [5.74, 6) is -0.0252. The number of aliphatic hydroxyl groups excluding tert-OH is 1. The Kier molecular flexibility index (Phi) is 5.27. The van der Waals surface area contributed by atoms with Crippen LogP contribution in [0.2, 0.25) is 10.0 Å². The van der Waals surface area contributed by atoms with E-state index in [9.17, 15) is 9.90 Å². The van der Waals surface area contributed by atoms with Gasteiger partial charge in [0.05, 0.1) is 25.2 Å². The number of carbonyl (C=O) groups is 1. The molecule has 1 heterocycles. The summed E-state index contributed by atoms with van der Waals surface area (Å²) in [7, 11) is 0. The average Bonchev–Trinajstić information content (AvgIpc) is 2.41. The Morgan fingerprint density at radius 2 is 2.20 bits per heavy atom. The number of morpholine rings is 1. The molecular formula is C14H17Cl2NO3. The van der Waals surface area contributed by atoms with E-state index in [1.54, 1.807) is 23.1 Å². The molecule has 110 valence electrons. The van der Waals surface area contributed by atoms with Crippen molar-refractivity contribution >= 4 is 29.1 Å². The van der Waals surface area contributed by atoms with E-state index in [1.165, 1.54) is 0 Å². The molecular weight excluding hydrogens is 301 g/mol. The van der Waals surface area contributed by atoms with Crippen molar-refractivity contribution < 1.29 is 14.6 Å². The second kappa shape index (κ2) is 6.76. The molecule has 1 aromatic carbocycles. The molecule has 1 amide bonds. The van der Waals surface area contributed by atoms with Gasteiger partial charge in [-0.2, -0.15) is 0 Å². The molecule has 2 unspecified atom stereocenters. The number of halogens is 2. The van der Waals surface area contributed by atoms with Crippen LogP contribution in [-0.2, 0) is 16.0 Å². The zero-order valence-electron chi connectivity index (χ0n) is 11.2. The molecule has 4 nitrogen and oxygen atoms in total. The number of benzene rings is 1. The van der Waals surface area contributed by atoms with Crippen molar-refractivity contribution in [2.75, 3.05) is 19.7 Å². The number of amides is 1. The second-order valence-corrected chi connectivity index (χ2v) is 5.81. The lowest BCUT2D eigenvalue weighted by Crippen LogP contribution is -2.50. The minimum Gasteiger partial charge on any atom is -0.394 e. The molecule has 0 bridgehead atoms. The van der Waals surface area contributed by atoms with Crippen LogP contribution in [0.25, 0.3) is 0 Å². The largest absolute Gasteiger partial charge is 0.394 e. The Morgan fingerprint density at radius 1 is 1.45 bits per heavy atom. The van der Waals surface area contributed by atoms with Gasteiger partial charge in [0.2, 0.25) is 5.91 Å². The van der Waals surface area contributed by atoms with E-state index in [1.807, 2.05) is 6.92 Å². The smallest absolute Gasteiger partial charge is 0.227 e. The Hall–Kier alpha value is -0.810. The third-order valence-corrected chi connectivity index (χ3v) is 3.83. The quantitative estimate of drug-likeness (QED) is 0.929. The molecule has 0 aliphatic carbocycles. The fourth-order valence-electron chi connectivity index (χ4n) is 2.29. The van der Waals surface area contributed by atoms with Crippen LogP contribution in [0.5, 0.6) is 0 Å². The van der Waals surface area contributed by atoms with Crippen molar-refractivity contribution in [3.8, 4) is 0 Å². The molecule has 6 heteroatoms. The van der Waals surface area contributed by atoms with E-state index >= 15 is 0 Å². The van der Waals surface area contributed by atoms with Crippen LogP contribution >= 0.6 is 23.2 Å². The molecule has 20 heavy (non-hydrogen) atoms.